The highest BCUT2D eigenvalue weighted by Crippen LogP contribution is 2.20. The van der Waals surface area contributed by atoms with Crippen molar-refractivity contribution in [2.75, 3.05) is 25.4 Å². The van der Waals surface area contributed by atoms with Gasteiger partial charge in [0.2, 0.25) is 0 Å². The number of anilines is 1. The van der Waals surface area contributed by atoms with E-state index in [4.69, 9.17) is 22.1 Å². The number of esters is 1. The molecule has 1 aromatic rings. The first-order valence-corrected chi connectivity index (χ1v) is 6.37. The fourth-order valence-corrected chi connectivity index (χ4v) is 1.71. The molecular formula is C13H17ClN2O3. The molecule has 0 bridgehead atoms. The number of nitrogens with zero attached hydrogens (tertiary/aromatic N) is 1. The first-order chi connectivity index (χ1) is 8.99. The number of carbonyl (C=O) groups excluding carboxylic acids is 2. The second kappa shape index (κ2) is 6.99. The van der Waals surface area contributed by atoms with Gasteiger partial charge < -0.3 is 15.4 Å². The quantitative estimate of drug-likeness (QED) is 0.662. The molecule has 0 aliphatic heterocycles. The van der Waals surface area contributed by atoms with E-state index in [2.05, 4.69) is 0 Å². The van der Waals surface area contributed by atoms with Crippen LogP contribution in [0.3, 0.4) is 0 Å². The second-order valence-electron chi connectivity index (χ2n) is 3.86. The Kier molecular flexibility index (Phi) is 5.63. The van der Waals surface area contributed by atoms with Gasteiger partial charge in [-0.3, -0.25) is 9.59 Å². The lowest BCUT2D eigenvalue weighted by molar-refractivity contribution is -0.143. The highest BCUT2D eigenvalue weighted by Gasteiger charge is 2.18. The number of nitrogen functional groups attached to an aromatic ring is 1. The molecule has 0 aliphatic rings. The van der Waals surface area contributed by atoms with Crippen LogP contribution in [0.5, 0.6) is 0 Å². The number of halogens is 1. The maximum Gasteiger partial charge on any atom is 0.325 e. The molecular weight excluding hydrogens is 268 g/mol. The van der Waals surface area contributed by atoms with Gasteiger partial charge in [0, 0.05) is 12.1 Å². The fraction of sp³-hybridized carbons (Fsp3) is 0.385. The Hall–Kier alpha value is -1.75. The molecule has 1 amide bonds. The van der Waals surface area contributed by atoms with Crippen LogP contribution in [-0.4, -0.2) is 36.5 Å². The lowest BCUT2D eigenvalue weighted by Gasteiger charge is -2.20. The molecule has 0 saturated carbocycles. The zero-order chi connectivity index (χ0) is 14.4. The summed E-state index contributed by atoms with van der Waals surface area (Å²) in [6.07, 6.45) is 0. The first kappa shape index (κ1) is 15.3. The zero-order valence-electron chi connectivity index (χ0n) is 11.0. The van der Waals surface area contributed by atoms with Gasteiger partial charge in [0.25, 0.3) is 5.91 Å². The third-order valence-corrected chi connectivity index (χ3v) is 2.87. The molecule has 0 atom stereocenters. The van der Waals surface area contributed by atoms with Crippen LogP contribution in [-0.2, 0) is 9.53 Å². The molecule has 0 aromatic heterocycles. The summed E-state index contributed by atoms with van der Waals surface area (Å²) >= 11 is 5.87. The van der Waals surface area contributed by atoms with E-state index in [0.29, 0.717) is 22.8 Å². The van der Waals surface area contributed by atoms with Crippen LogP contribution >= 0.6 is 11.6 Å². The minimum atomic E-state index is -0.431. The van der Waals surface area contributed by atoms with Crippen molar-refractivity contribution in [1.29, 1.82) is 0 Å². The Morgan fingerprint density at radius 3 is 2.58 bits per heavy atom. The van der Waals surface area contributed by atoms with Gasteiger partial charge in [-0.25, -0.2) is 0 Å². The summed E-state index contributed by atoms with van der Waals surface area (Å²) in [5.41, 5.74) is 6.39. The number of carbonyl (C=O) groups is 2. The summed E-state index contributed by atoms with van der Waals surface area (Å²) in [6, 6.07) is 4.64. The largest absolute Gasteiger partial charge is 0.465 e. The summed E-state index contributed by atoms with van der Waals surface area (Å²) in [5, 5.41) is 0.318. The highest BCUT2D eigenvalue weighted by atomic mass is 35.5. The fourth-order valence-electron chi connectivity index (χ4n) is 1.53. The molecule has 0 aliphatic carbocycles. The SMILES string of the molecule is CCOC(=O)CN(CC)C(=O)c1ccc(N)c(Cl)c1. The maximum absolute atomic E-state index is 12.2. The van der Waals surface area contributed by atoms with Gasteiger partial charge in [0.05, 0.1) is 17.3 Å². The lowest BCUT2D eigenvalue weighted by Crippen LogP contribution is -2.36. The number of nitrogens with two attached hydrogens (primary N) is 1. The van der Waals surface area contributed by atoms with Gasteiger partial charge in [-0.05, 0) is 32.0 Å². The van der Waals surface area contributed by atoms with E-state index >= 15 is 0 Å². The van der Waals surface area contributed by atoms with Crippen LogP contribution in [0, 0.1) is 0 Å². The standard InChI is InChI=1S/C13H17ClN2O3/c1-3-16(8-12(17)19-4-2)13(18)9-5-6-11(15)10(14)7-9/h5-7H,3-4,8,15H2,1-2H3. The molecule has 2 N–H and O–H groups in total. The van der Waals surface area contributed by atoms with Crippen LogP contribution in [0.4, 0.5) is 5.69 Å². The Morgan fingerprint density at radius 1 is 1.37 bits per heavy atom. The molecule has 0 spiro atoms. The van der Waals surface area contributed by atoms with Crippen molar-refractivity contribution in [3.05, 3.63) is 28.8 Å². The van der Waals surface area contributed by atoms with Gasteiger partial charge in [-0.15, -0.1) is 0 Å². The minimum Gasteiger partial charge on any atom is -0.465 e. The number of amides is 1. The topological polar surface area (TPSA) is 72.6 Å². The van der Waals surface area contributed by atoms with Crippen molar-refractivity contribution < 1.29 is 14.3 Å². The molecule has 1 rings (SSSR count). The molecule has 5 nitrogen and oxygen atoms in total. The Morgan fingerprint density at radius 2 is 2.05 bits per heavy atom. The summed E-state index contributed by atoms with van der Waals surface area (Å²) in [4.78, 5) is 25.0. The third-order valence-electron chi connectivity index (χ3n) is 2.54. The third kappa shape index (κ3) is 4.13. The van der Waals surface area contributed by atoms with E-state index in [1.165, 1.54) is 11.0 Å². The number of hydrogen-bond donors (Lipinski definition) is 1. The van der Waals surface area contributed by atoms with Crippen molar-refractivity contribution in [2.45, 2.75) is 13.8 Å². The van der Waals surface area contributed by atoms with Crippen LogP contribution in [0.25, 0.3) is 0 Å². The van der Waals surface area contributed by atoms with Crippen molar-refractivity contribution in [2.24, 2.45) is 0 Å². The minimum absolute atomic E-state index is 0.0782. The molecule has 6 heteroatoms. The summed E-state index contributed by atoms with van der Waals surface area (Å²) in [7, 11) is 0. The lowest BCUT2D eigenvalue weighted by atomic mass is 10.2. The van der Waals surface area contributed by atoms with Gasteiger partial charge in [0.15, 0.2) is 0 Å². The van der Waals surface area contributed by atoms with Crippen molar-refractivity contribution in [1.82, 2.24) is 4.90 Å². The molecule has 0 radical (unpaired) electrons. The maximum atomic E-state index is 12.2. The van der Waals surface area contributed by atoms with Gasteiger partial charge in [-0.2, -0.15) is 0 Å². The van der Waals surface area contributed by atoms with Gasteiger partial charge >= 0.3 is 5.97 Å². The summed E-state index contributed by atoms with van der Waals surface area (Å²) < 4.78 is 4.82. The van der Waals surface area contributed by atoms with Crippen LogP contribution in [0.2, 0.25) is 5.02 Å². The van der Waals surface area contributed by atoms with Gasteiger partial charge in [0.1, 0.15) is 6.54 Å². The average molecular weight is 285 g/mol. The van der Waals surface area contributed by atoms with Crippen LogP contribution < -0.4 is 5.73 Å². The monoisotopic (exact) mass is 284 g/mol. The second-order valence-corrected chi connectivity index (χ2v) is 4.27. The van der Waals surface area contributed by atoms with Crippen LogP contribution in [0.1, 0.15) is 24.2 Å². The van der Waals surface area contributed by atoms with Gasteiger partial charge in [-0.1, -0.05) is 11.6 Å². The molecule has 19 heavy (non-hydrogen) atoms. The van der Waals surface area contributed by atoms with E-state index in [1.807, 2.05) is 0 Å². The first-order valence-electron chi connectivity index (χ1n) is 5.99. The number of benzene rings is 1. The normalized spacial score (nSPS) is 10.1. The van der Waals surface area contributed by atoms with Crippen LogP contribution in [0.15, 0.2) is 18.2 Å². The van der Waals surface area contributed by atoms with Crippen molar-refractivity contribution >= 4 is 29.2 Å². The molecule has 1 aromatic carbocycles. The number of ether oxygens (including phenoxy) is 1. The molecule has 0 saturated heterocycles. The molecule has 0 unspecified atom stereocenters. The van der Waals surface area contributed by atoms with E-state index in [0.717, 1.165) is 0 Å². The van der Waals surface area contributed by atoms with E-state index in [9.17, 15) is 9.59 Å². The summed E-state index contributed by atoms with van der Waals surface area (Å²) in [6.45, 7) is 4.12. The Balaban J connectivity index is 2.83. The molecule has 0 fully saturated rings. The predicted molar refractivity (Wildman–Crippen MR) is 74.1 cm³/mol. The van der Waals surface area contributed by atoms with Crippen molar-refractivity contribution in [3.8, 4) is 0 Å². The van der Waals surface area contributed by atoms with Crippen molar-refractivity contribution in [3.63, 3.8) is 0 Å². The number of likely N-dealkylation sites (N-methyl/N-ethyl adjacent to an activating group) is 1. The predicted octanol–water partition coefficient (Wildman–Crippen LogP) is 1.95. The number of rotatable bonds is 5. The molecule has 104 valence electrons. The van der Waals surface area contributed by atoms with E-state index < -0.39 is 5.97 Å². The zero-order valence-corrected chi connectivity index (χ0v) is 11.7. The highest BCUT2D eigenvalue weighted by molar-refractivity contribution is 6.33. The summed E-state index contributed by atoms with van der Waals surface area (Å²) in [5.74, 6) is -0.711. The van der Waals surface area contributed by atoms with E-state index in [1.54, 1.807) is 26.0 Å². The Labute approximate surface area is 117 Å². The van der Waals surface area contributed by atoms with E-state index in [-0.39, 0.29) is 19.1 Å². The smallest absolute Gasteiger partial charge is 0.325 e. The Bertz CT molecular complexity index is 477. The molecule has 0 heterocycles. The number of hydrogen-bond acceptors (Lipinski definition) is 4. The average Bonchev–Trinajstić information content (AvgIpc) is 2.38.